The molecule has 0 aromatic heterocycles. The maximum Gasteiger partial charge on any atom is 0.243 e. The van der Waals surface area contributed by atoms with Crippen molar-refractivity contribution >= 4 is 23.6 Å². The molecule has 3 rings (SSSR count). The van der Waals surface area contributed by atoms with Gasteiger partial charge < -0.3 is 10.2 Å². The fourth-order valence-corrected chi connectivity index (χ4v) is 5.01. The summed E-state index contributed by atoms with van der Waals surface area (Å²) in [4.78, 5) is 29.1. The zero-order valence-corrected chi connectivity index (χ0v) is 22.9. The molecule has 190 valence electrons. The predicted molar refractivity (Wildman–Crippen MR) is 151 cm³/mol. The van der Waals surface area contributed by atoms with E-state index in [0.29, 0.717) is 18.7 Å². The second-order valence-electron chi connectivity index (χ2n) is 10.4. The van der Waals surface area contributed by atoms with Gasteiger partial charge in [-0.15, -0.1) is 11.8 Å². The maximum atomic E-state index is 13.7. The lowest BCUT2D eigenvalue weighted by molar-refractivity contribution is -0.140. The van der Waals surface area contributed by atoms with Crippen LogP contribution in [0.1, 0.15) is 48.6 Å². The van der Waals surface area contributed by atoms with Gasteiger partial charge >= 0.3 is 0 Å². The molecule has 3 aromatic carbocycles. The summed E-state index contributed by atoms with van der Waals surface area (Å²) in [5, 5.41) is 3.12. The quantitative estimate of drug-likeness (QED) is 0.365. The molecule has 3 aromatic rings. The minimum Gasteiger partial charge on any atom is -0.350 e. The lowest BCUT2D eigenvalue weighted by atomic mass is 10.0. The number of carbonyl (C=O) groups is 2. The first-order valence-corrected chi connectivity index (χ1v) is 13.6. The Kier molecular flexibility index (Phi) is 9.77. The van der Waals surface area contributed by atoms with E-state index in [-0.39, 0.29) is 11.8 Å². The van der Waals surface area contributed by atoms with Crippen molar-refractivity contribution in [3.05, 3.63) is 107 Å². The number of nitrogens with one attached hydrogen (secondary N) is 1. The van der Waals surface area contributed by atoms with Crippen molar-refractivity contribution in [3.8, 4) is 0 Å². The summed E-state index contributed by atoms with van der Waals surface area (Å²) in [6.45, 7) is 10.4. The van der Waals surface area contributed by atoms with Crippen molar-refractivity contribution in [2.24, 2.45) is 0 Å². The minimum absolute atomic E-state index is 0.0286. The van der Waals surface area contributed by atoms with Crippen molar-refractivity contribution in [2.75, 3.05) is 5.75 Å². The Bertz CT molecular complexity index is 1150. The molecule has 4 nitrogen and oxygen atoms in total. The van der Waals surface area contributed by atoms with Crippen LogP contribution < -0.4 is 5.32 Å². The van der Waals surface area contributed by atoms with E-state index in [9.17, 15) is 9.59 Å². The average molecular weight is 503 g/mol. The first-order chi connectivity index (χ1) is 17.1. The normalized spacial score (nSPS) is 12.1. The highest BCUT2D eigenvalue weighted by atomic mass is 32.2. The van der Waals surface area contributed by atoms with Gasteiger partial charge in [-0.05, 0) is 51.3 Å². The Morgan fingerprint density at radius 2 is 1.42 bits per heavy atom. The van der Waals surface area contributed by atoms with Gasteiger partial charge in [0.25, 0.3) is 0 Å². The van der Waals surface area contributed by atoms with Gasteiger partial charge in [-0.2, -0.15) is 0 Å². The molecule has 0 bridgehead atoms. The number of hydrogen-bond acceptors (Lipinski definition) is 3. The van der Waals surface area contributed by atoms with E-state index in [1.165, 1.54) is 11.1 Å². The summed E-state index contributed by atoms with van der Waals surface area (Å²) in [6, 6.07) is 25.8. The smallest absolute Gasteiger partial charge is 0.243 e. The fourth-order valence-electron chi connectivity index (χ4n) is 4.16. The molecule has 1 N–H and O–H groups in total. The zero-order chi connectivity index (χ0) is 26.1. The van der Waals surface area contributed by atoms with Crippen LogP contribution >= 0.6 is 11.8 Å². The molecular weight excluding hydrogens is 464 g/mol. The van der Waals surface area contributed by atoms with Crippen LogP contribution in [0, 0.1) is 13.8 Å². The highest BCUT2D eigenvalue weighted by Gasteiger charge is 2.32. The van der Waals surface area contributed by atoms with Crippen molar-refractivity contribution in [3.63, 3.8) is 0 Å². The van der Waals surface area contributed by atoms with Crippen LogP contribution in [-0.4, -0.2) is 34.0 Å². The summed E-state index contributed by atoms with van der Waals surface area (Å²) >= 11 is 1.59. The molecule has 0 heterocycles. The first kappa shape index (κ1) is 27.5. The number of amides is 2. The SMILES string of the molecule is Cc1cccc(CSCC(=O)N(Cc2cccc(C)c2)[C@H](Cc2ccccc2)C(=O)NC(C)(C)C)c1. The Labute approximate surface area is 220 Å². The van der Waals surface area contributed by atoms with Crippen LogP contribution in [0.15, 0.2) is 78.9 Å². The lowest BCUT2D eigenvalue weighted by Crippen LogP contribution is -2.54. The molecule has 2 amide bonds. The van der Waals surface area contributed by atoms with Gasteiger partial charge in [0.15, 0.2) is 0 Å². The van der Waals surface area contributed by atoms with Crippen LogP contribution in [-0.2, 0) is 28.3 Å². The highest BCUT2D eigenvalue weighted by molar-refractivity contribution is 7.99. The number of nitrogens with zero attached hydrogens (tertiary/aromatic N) is 1. The van der Waals surface area contributed by atoms with Crippen LogP contribution in [0.2, 0.25) is 0 Å². The summed E-state index contributed by atoms with van der Waals surface area (Å²) < 4.78 is 0. The molecule has 0 aliphatic heterocycles. The molecular formula is C31H38N2O2S. The fraction of sp³-hybridized carbons (Fsp3) is 0.355. The van der Waals surface area contributed by atoms with Gasteiger partial charge in [0.2, 0.25) is 11.8 Å². The van der Waals surface area contributed by atoms with Crippen LogP contribution in [0.3, 0.4) is 0 Å². The van der Waals surface area contributed by atoms with E-state index in [2.05, 4.69) is 36.5 Å². The first-order valence-electron chi connectivity index (χ1n) is 12.4. The van der Waals surface area contributed by atoms with Gasteiger partial charge in [-0.3, -0.25) is 9.59 Å². The molecule has 0 saturated carbocycles. The lowest BCUT2D eigenvalue weighted by Gasteiger charge is -2.34. The van der Waals surface area contributed by atoms with E-state index in [1.54, 1.807) is 16.7 Å². The Morgan fingerprint density at radius 1 is 0.833 bits per heavy atom. The van der Waals surface area contributed by atoms with Crippen molar-refractivity contribution in [1.29, 1.82) is 0 Å². The number of thioether (sulfide) groups is 1. The van der Waals surface area contributed by atoms with Gasteiger partial charge in [-0.25, -0.2) is 0 Å². The summed E-state index contributed by atoms with van der Waals surface area (Å²) in [5.41, 5.74) is 5.19. The van der Waals surface area contributed by atoms with Gasteiger partial charge in [0.05, 0.1) is 5.75 Å². The highest BCUT2D eigenvalue weighted by Crippen LogP contribution is 2.20. The molecule has 0 spiro atoms. The van der Waals surface area contributed by atoms with E-state index in [1.807, 2.05) is 82.3 Å². The number of carbonyl (C=O) groups excluding carboxylic acids is 2. The Morgan fingerprint density at radius 3 is 2.03 bits per heavy atom. The van der Waals surface area contributed by atoms with Crippen LogP contribution in [0.25, 0.3) is 0 Å². The molecule has 0 saturated heterocycles. The van der Waals surface area contributed by atoms with Crippen molar-refractivity contribution < 1.29 is 9.59 Å². The summed E-state index contributed by atoms with van der Waals surface area (Å²) in [7, 11) is 0. The molecule has 0 fully saturated rings. The molecule has 36 heavy (non-hydrogen) atoms. The summed E-state index contributed by atoms with van der Waals surface area (Å²) in [5.74, 6) is 0.909. The third-order valence-corrected chi connectivity index (χ3v) is 6.77. The van der Waals surface area contributed by atoms with Crippen LogP contribution in [0.4, 0.5) is 0 Å². The monoisotopic (exact) mass is 502 g/mol. The standard InChI is InChI=1S/C31H38N2O2S/c1-23-11-9-15-26(17-23)20-33(29(34)22-36-21-27-16-10-12-24(2)18-27)28(30(35)32-31(3,4)5)19-25-13-7-6-8-14-25/h6-18,28H,19-22H2,1-5H3,(H,32,35)/t28-/m1/s1. The Hall–Kier alpha value is -3.05. The van der Waals surface area contributed by atoms with Crippen LogP contribution in [0.5, 0.6) is 0 Å². The third-order valence-electron chi connectivity index (χ3n) is 5.78. The van der Waals surface area contributed by atoms with E-state index in [0.717, 1.165) is 22.4 Å². The van der Waals surface area contributed by atoms with E-state index in [4.69, 9.17) is 0 Å². The number of benzene rings is 3. The number of hydrogen-bond donors (Lipinski definition) is 1. The summed E-state index contributed by atoms with van der Waals surface area (Å²) in [6.07, 6.45) is 0.461. The second-order valence-corrected chi connectivity index (χ2v) is 11.4. The van der Waals surface area contributed by atoms with Gasteiger partial charge in [0, 0.05) is 24.3 Å². The zero-order valence-electron chi connectivity index (χ0n) is 22.1. The molecule has 0 aliphatic carbocycles. The topological polar surface area (TPSA) is 49.4 Å². The number of rotatable bonds is 10. The van der Waals surface area contributed by atoms with Gasteiger partial charge in [-0.1, -0.05) is 90.0 Å². The third kappa shape index (κ3) is 8.87. The maximum absolute atomic E-state index is 13.7. The molecule has 1 atom stereocenters. The van der Waals surface area contributed by atoms with E-state index >= 15 is 0 Å². The number of aryl methyl sites for hydroxylation is 2. The van der Waals surface area contributed by atoms with Crippen molar-refractivity contribution in [1.82, 2.24) is 10.2 Å². The molecule has 0 radical (unpaired) electrons. The second kappa shape index (κ2) is 12.8. The molecule has 5 heteroatoms. The average Bonchev–Trinajstić information content (AvgIpc) is 2.81. The predicted octanol–water partition coefficient (Wildman–Crippen LogP) is 6.09. The van der Waals surface area contributed by atoms with E-state index < -0.39 is 11.6 Å². The van der Waals surface area contributed by atoms with Gasteiger partial charge in [0.1, 0.15) is 6.04 Å². The minimum atomic E-state index is -0.612. The Balaban J connectivity index is 1.87. The largest absolute Gasteiger partial charge is 0.350 e. The van der Waals surface area contributed by atoms with Crippen molar-refractivity contribution in [2.45, 2.75) is 64.9 Å². The molecule has 0 unspecified atom stereocenters. The molecule has 0 aliphatic rings.